The lowest BCUT2D eigenvalue weighted by Crippen LogP contribution is -2.14. The first-order chi connectivity index (χ1) is 9.16. The molecule has 3 heteroatoms. The maximum absolute atomic E-state index is 11.7. The van der Waals surface area contributed by atoms with Gasteiger partial charge in [0.1, 0.15) is 5.92 Å². The molecular weight excluding hydrogens is 304 g/mol. The largest absolute Gasteiger partial charge is 0.481 e. The van der Waals surface area contributed by atoms with Gasteiger partial charge in [0, 0.05) is 4.47 Å². The Kier molecular flexibility index (Phi) is 3.15. The summed E-state index contributed by atoms with van der Waals surface area (Å²) in [5.41, 5.74) is 4.10. The van der Waals surface area contributed by atoms with E-state index in [2.05, 4.69) is 15.9 Å². The number of fused-ring (bicyclic) bond motifs is 2. The van der Waals surface area contributed by atoms with Crippen LogP contribution in [-0.4, -0.2) is 11.1 Å². The van der Waals surface area contributed by atoms with E-state index in [0.29, 0.717) is 0 Å². The first kappa shape index (κ1) is 12.4. The average Bonchev–Trinajstić information content (AvgIpc) is 2.54. The van der Waals surface area contributed by atoms with Crippen LogP contribution in [0, 0.1) is 0 Å². The fourth-order valence-electron chi connectivity index (χ4n) is 2.81. The number of halogens is 1. The molecule has 0 aromatic heterocycles. The maximum atomic E-state index is 11.7. The fraction of sp³-hybridized carbons (Fsp3) is 0.188. The Morgan fingerprint density at radius 3 is 2.47 bits per heavy atom. The molecule has 0 saturated carbocycles. The summed E-state index contributed by atoms with van der Waals surface area (Å²) in [6.45, 7) is 0. The van der Waals surface area contributed by atoms with Gasteiger partial charge in [0.05, 0.1) is 0 Å². The molecule has 19 heavy (non-hydrogen) atoms. The van der Waals surface area contributed by atoms with E-state index in [-0.39, 0.29) is 0 Å². The molecule has 0 saturated heterocycles. The summed E-state index contributed by atoms with van der Waals surface area (Å²) < 4.78 is 0.928. The third-order valence-electron chi connectivity index (χ3n) is 3.70. The second kappa shape index (κ2) is 4.82. The van der Waals surface area contributed by atoms with E-state index in [4.69, 9.17) is 0 Å². The summed E-state index contributed by atoms with van der Waals surface area (Å²) in [6.07, 6.45) is 1.79. The van der Waals surface area contributed by atoms with Gasteiger partial charge in [-0.1, -0.05) is 46.3 Å². The Balaban J connectivity index is 2.25. The van der Waals surface area contributed by atoms with E-state index in [0.717, 1.165) is 39.6 Å². The predicted octanol–water partition coefficient (Wildman–Crippen LogP) is 3.76. The van der Waals surface area contributed by atoms with Crippen LogP contribution < -0.4 is 0 Å². The molecule has 0 fully saturated rings. The highest BCUT2D eigenvalue weighted by molar-refractivity contribution is 9.10. The van der Waals surface area contributed by atoms with Gasteiger partial charge in [0.15, 0.2) is 0 Å². The lowest BCUT2D eigenvalue weighted by molar-refractivity contribution is -0.137. The van der Waals surface area contributed by atoms with Crippen molar-refractivity contribution in [3.8, 4) is 0 Å². The van der Waals surface area contributed by atoms with Crippen molar-refractivity contribution >= 4 is 21.9 Å². The molecule has 96 valence electrons. The predicted molar refractivity (Wildman–Crippen MR) is 77.5 cm³/mol. The topological polar surface area (TPSA) is 37.3 Å². The van der Waals surface area contributed by atoms with Crippen molar-refractivity contribution in [2.24, 2.45) is 0 Å². The Bertz CT molecular complexity index is 649. The van der Waals surface area contributed by atoms with Crippen molar-refractivity contribution < 1.29 is 9.90 Å². The van der Waals surface area contributed by atoms with Gasteiger partial charge in [0.25, 0.3) is 0 Å². The third kappa shape index (κ3) is 2.19. The van der Waals surface area contributed by atoms with Crippen molar-refractivity contribution in [3.05, 3.63) is 69.2 Å². The van der Waals surface area contributed by atoms with Gasteiger partial charge >= 0.3 is 5.97 Å². The number of benzene rings is 2. The van der Waals surface area contributed by atoms with Crippen LogP contribution in [0.3, 0.4) is 0 Å². The minimum Gasteiger partial charge on any atom is -0.481 e. The number of carboxylic acid groups (broad SMARTS) is 1. The number of aryl methyl sites for hydroxylation is 2. The molecule has 1 aliphatic carbocycles. The molecular formula is C16H13BrO2. The van der Waals surface area contributed by atoms with E-state index in [1.807, 2.05) is 42.5 Å². The van der Waals surface area contributed by atoms with Gasteiger partial charge in [0.2, 0.25) is 0 Å². The minimum absolute atomic E-state index is 0.564. The summed E-state index contributed by atoms with van der Waals surface area (Å²) in [5.74, 6) is -1.35. The molecule has 1 atom stereocenters. The lowest BCUT2D eigenvalue weighted by Gasteiger charge is -2.16. The first-order valence-electron chi connectivity index (χ1n) is 6.26. The Morgan fingerprint density at radius 2 is 1.74 bits per heavy atom. The van der Waals surface area contributed by atoms with Crippen LogP contribution in [-0.2, 0) is 17.6 Å². The average molecular weight is 317 g/mol. The lowest BCUT2D eigenvalue weighted by atomic mass is 9.88. The van der Waals surface area contributed by atoms with Crippen LogP contribution in [0.25, 0.3) is 0 Å². The fourth-order valence-corrected chi connectivity index (χ4v) is 3.19. The second-order valence-electron chi connectivity index (χ2n) is 4.81. The van der Waals surface area contributed by atoms with E-state index in [9.17, 15) is 9.90 Å². The zero-order valence-electron chi connectivity index (χ0n) is 10.3. The summed E-state index contributed by atoms with van der Waals surface area (Å²) in [4.78, 5) is 11.7. The molecule has 3 rings (SSSR count). The zero-order valence-corrected chi connectivity index (χ0v) is 11.9. The van der Waals surface area contributed by atoms with Gasteiger partial charge in [-0.3, -0.25) is 4.79 Å². The van der Waals surface area contributed by atoms with E-state index < -0.39 is 11.9 Å². The number of aliphatic carboxylic acids is 1. The molecule has 1 N–H and O–H groups in total. The van der Waals surface area contributed by atoms with Gasteiger partial charge < -0.3 is 5.11 Å². The van der Waals surface area contributed by atoms with Crippen molar-refractivity contribution in [2.45, 2.75) is 18.8 Å². The van der Waals surface area contributed by atoms with E-state index >= 15 is 0 Å². The monoisotopic (exact) mass is 316 g/mol. The molecule has 0 amide bonds. The van der Waals surface area contributed by atoms with Crippen molar-refractivity contribution in [1.82, 2.24) is 0 Å². The van der Waals surface area contributed by atoms with Gasteiger partial charge in [-0.15, -0.1) is 0 Å². The molecule has 2 nitrogen and oxygen atoms in total. The van der Waals surface area contributed by atoms with Crippen molar-refractivity contribution in [2.75, 3.05) is 0 Å². The van der Waals surface area contributed by atoms with Gasteiger partial charge in [-0.05, 0) is 47.2 Å². The molecule has 0 spiro atoms. The summed E-state index contributed by atoms with van der Waals surface area (Å²) in [5, 5.41) is 9.63. The van der Waals surface area contributed by atoms with Crippen LogP contribution in [0.5, 0.6) is 0 Å². The van der Waals surface area contributed by atoms with Crippen LogP contribution in [0.4, 0.5) is 0 Å². The molecule has 1 aliphatic rings. The van der Waals surface area contributed by atoms with Crippen LogP contribution in [0.15, 0.2) is 46.9 Å². The maximum Gasteiger partial charge on any atom is 0.315 e. The Morgan fingerprint density at radius 1 is 1.05 bits per heavy atom. The highest BCUT2D eigenvalue weighted by Gasteiger charge is 2.29. The minimum atomic E-state index is -0.784. The van der Waals surface area contributed by atoms with Crippen molar-refractivity contribution in [3.63, 3.8) is 0 Å². The third-order valence-corrected chi connectivity index (χ3v) is 4.19. The number of carbonyl (C=O) groups is 1. The summed E-state index contributed by atoms with van der Waals surface area (Å²) in [7, 11) is 0. The molecule has 0 radical (unpaired) electrons. The van der Waals surface area contributed by atoms with Crippen LogP contribution in [0.2, 0.25) is 0 Å². The smallest absolute Gasteiger partial charge is 0.315 e. The molecule has 0 bridgehead atoms. The second-order valence-corrected chi connectivity index (χ2v) is 5.73. The van der Waals surface area contributed by atoms with Gasteiger partial charge in [-0.25, -0.2) is 0 Å². The van der Waals surface area contributed by atoms with E-state index in [1.165, 1.54) is 0 Å². The summed E-state index contributed by atoms with van der Waals surface area (Å²) in [6, 6.07) is 13.8. The number of hydrogen-bond acceptors (Lipinski definition) is 1. The standard InChI is InChI=1S/C16H13BrO2/c17-12-8-7-11-6-5-10-3-1-2-4-13(10)15(16(18)19)14(11)9-12/h1-4,7-9,15H,5-6H2,(H,18,19)/t15-/m0/s1. The molecule has 0 aliphatic heterocycles. The summed E-state index contributed by atoms with van der Waals surface area (Å²) >= 11 is 3.44. The van der Waals surface area contributed by atoms with Crippen LogP contribution >= 0.6 is 15.9 Å². The van der Waals surface area contributed by atoms with Gasteiger partial charge in [-0.2, -0.15) is 0 Å². The van der Waals surface area contributed by atoms with E-state index in [1.54, 1.807) is 0 Å². The molecule has 2 aromatic rings. The normalized spacial score (nSPS) is 17.2. The number of hydrogen-bond donors (Lipinski definition) is 1. The number of carboxylic acids is 1. The Labute approximate surface area is 120 Å². The zero-order chi connectivity index (χ0) is 13.4. The molecule has 0 heterocycles. The van der Waals surface area contributed by atoms with Crippen LogP contribution in [0.1, 0.15) is 28.2 Å². The molecule has 2 aromatic carbocycles. The quantitative estimate of drug-likeness (QED) is 0.869. The van der Waals surface area contributed by atoms with Crippen molar-refractivity contribution in [1.29, 1.82) is 0 Å². The SMILES string of the molecule is O=C(O)[C@H]1c2ccccc2CCc2ccc(Br)cc21. The number of rotatable bonds is 1. The highest BCUT2D eigenvalue weighted by Crippen LogP contribution is 2.35. The highest BCUT2D eigenvalue weighted by atomic mass is 79.9. The Hall–Kier alpha value is -1.61. The first-order valence-corrected chi connectivity index (χ1v) is 7.05. The molecule has 0 unspecified atom stereocenters.